The summed E-state index contributed by atoms with van der Waals surface area (Å²) in [6.07, 6.45) is 0. The number of hydrogen-bond donors (Lipinski definition) is 0. The van der Waals surface area contributed by atoms with Gasteiger partial charge in [0.15, 0.2) is 20.7 Å². The summed E-state index contributed by atoms with van der Waals surface area (Å²) in [5.41, 5.74) is 3.61. The molecular weight excluding hydrogens is 668 g/mol. The van der Waals surface area contributed by atoms with Crippen molar-refractivity contribution in [3.63, 3.8) is 0 Å². The normalized spacial score (nSPS) is 11.1. The minimum absolute atomic E-state index is 0.533. The third kappa shape index (κ3) is 4.41. The van der Waals surface area contributed by atoms with Crippen LogP contribution in [0.15, 0.2) is 99.8 Å². The Morgan fingerprint density at radius 1 is 0.438 bits per heavy atom. The van der Waals surface area contributed by atoms with Crippen LogP contribution in [0.3, 0.4) is 0 Å². The number of oxazole rings is 2. The van der Waals surface area contributed by atoms with Crippen molar-refractivity contribution in [1.82, 2.24) is 9.97 Å². The number of nitrogens with zero attached hydrogens (tertiary/aromatic N) is 2. The molecule has 0 aliphatic heterocycles. The fourth-order valence-corrected chi connectivity index (χ4v) is 4.63. The maximum atomic E-state index is 6.04. The van der Waals surface area contributed by atoms with Crippen LogP contribution < -0.4 is 0 Å². The molecule has 0 atom stereocenters. The largest absolute Gasteiger partial charge is 0.435 e. The van der Waals surface area contributed by atoms with Crippen molar-refractivity contribution in [3.05, 3.63) is 90.9 Å². The van der Waals surface area contributed by atoms with E-state index in [1.165, 1.54) is 0 Å². The minimum Gasteiger partial charge on any atom is -0.435 e. The molecule has 0 aliphatic carbocycles. The van der Waals surface area contributed by atoms with Crippen molar-refractivity contribution in [2.45, 2.75) is 0 Å². The zero-order valence-electron chi connectivity index (χ0n) is 16.2. The van der Waals surface area contributed by atoms with Crippen molar-refractivity contribution < 1.29 is 8.83 Å². The molecule has 0 radical (unpaired) electrons. The second-order valence-corrected chi connectivity index (χ2v) is 10.2. The van der Waals surface area contributed by atoms with E-state index in [9.17, 15) is 0 Å². The standard InChI is InChI=1S/C24H12Br4N2O2/c25-17-9-5-13(6-10-17)19-21(27)29-23(31-19)15-1-2-16(4-3-15)24-30-22(28)20(32-24)14-7-11-18(26)12-8-14/h1-12H. The van der Waals surface area contributed by atoms with E-state index in [2.05, 4.69) is 73.7 Å². The van der Waals surface area contributed by atoms with Crippen LogP contribution in [0.1, 0.15) is 0 Å². The molecule has 0 spiro atoms. The number of rotatable bonds is 4. The predicted octanol–water partition coefficient (Wildman–Crippen LogP) is 9.38. The van der Waals surface area contributed by atoms with E-state index in [0.717, 1.165) is 31.2 Å². The van der Waals surface area contributed by atoms with Gasteiger partial charge in [-0.15, -0.1) is 0 Å². The summed E-state index contributed by atoms with van der Waals surface area (Å²) in [5.74, 6) is 2.44. The van der Waals surface area contributed by atoms with Gasteiger partial charge in [-0.3, -0.25) is 0 Å². The molecule has 5 aromatic rings. The maximum Gasteiger partial charge on any atom is 0.227 e. The molecule has 32 heavy (non-hydrogen) atoms. The van der Waals surface area contributed by atoms with E-state index >= 15 is 0 Å². The van der Waals surface area contributed by atoms with Gasteiger partial charge in [0.1, 0.15) is 0 Å². The second kappa shape index (κ2) is 9.09. The zero-order valence-corrected chi connectivity index (χ0v) is 22.5. The Morgan fingerprint density at radius 3 is 1.09 bits per heavy atom. The van der Waals surface area contributed by atoms with Gasteiger partial charge in [0, 0.05) is 31.2 Å². The molecule has 0 fully saturated rings. The Balaban J connectivity index is 1.43. The van der Waals surface area contributed by atoms with E-state index in [1.54, 1.807) is 0 Å². The van der Waals surface area contributed by atoms with Crippen LogP contribution in [0.25, 0.3) is 45.6 Å². The first-order valence-corrected chi connectivity index (χ1v) is 12.6. The van der Waals surface area contributed by atoms with E-state index in [-0.39, 0.29) is 0 Å². The number of aromatic nitrogens is 2. The van der Waals surface area contributed by atoms with Crippen LogP contribution in [0.4, 0.5) is 0 Å². The number of hydrogen-bond acceptors (Lipinski definition) is 4. The van der Waals surface area contributed by atoms with Gasteiger partial charge in [-0.2, -0.15) is 0 Å². The molecule has 0 unspecified atom stereocenters. The van der Waals surface area contributed by atoms with Gasteiger partial charge in [-0.05, 0) is 80.4 Å². The summed E-state index contributed by atoms with van der Waals surface area (Å²) in [6, 6.07) is 23.5. The molecule has 158 valence electrons. The van der Waals surface area contributed by atoms with E-state index in [1.807, 2.05) is 72.8 Å². The molecule has 0 bridgehead atoms. The number of benzene rings is 3. The fourth-order valence-electron chi connectivity index (χ4n) is 3.16. The highest BCUT2D eigenvalue weighted by atomic mass is 79.9. The van der Waals surface area contributed by atoms with Gasteiger partial charge in [-0.25, -0.2) is 9.97 Å². The lowest BCUT2D eigenvalue weighted by Gasteiger charge is -2.00. The molecule has 3 aromatic carbocycles. The highest BCUT2D eigenvalue weighted by molar-refractivity contribution is 9.11. The summed E-state index contributed by atoms with van der Waals surface area (Å²) < 4.78 is 15.4. The summed E-state index contributed by atoms with van der Waals surface area (Å²) >= 11 is 13.9. The van der Waals surface area contributed by atoms with Crippen molar-refractivity contribution in [3.8, 4) is 45.6 Å². The lowest BCUT2D eigenvalue weighted by molar-refractivity contribution is 0.586. The number of halogens is 4. The molecular formula is C24H12Br4N2O2. The van der Waals surface area contributed by atoms with Crippen LogP contribution >= 0.6 is 63.7 Å². The highest BCUT2D eigenvalue weighted by Gasteiger charge is 2.17. The van der Waals surface area contributed by atoms with Gasteiger partial charge >= 0.3 is 0 Å². The van der Waals surface area contributed by atoms with Gasteiger partial charge in [0.05, 0.1) is 0 Å². The van der Waals surface area contributed by atoms with Crippen molar-refractivity contribution in [2.75, 3.05) is 0 Å². The molecule has 5 rings (SSSR count). The van der Waals surface area contributed by atoms with Crippen LogP contribution in [0, 0.1) is 0 Å². The molecule has 4 nitrogen and oxygen atoms in total. The zero-order chi connectivity index (χ0) is 22.2. The van der Waals surface area contributed by atoms with Gasteiger partial charge in [0.25, 0.3) is 0 Å². The van der Waals surface area contributed by atoms with Crippen LogP contribution in [-0.2, 0) is 0 Å². The molecule has 0 saturated carbocycles. The third-order valence-electron chi connectivity index (χ3n) is 4.76. The van der Waals surface area contributed by atoms with Crippen molar-refractivity contribution in [1.29, 1.82) is 0 Å². The maximum absolute atomic E-state index is 6.04. The lowest BCUT2D eigenvalue weighted by Crippen LogP contribution is -1.80. The van der Waals surface area contributed by atoms with E-state index in [4.69, 9.17) is 8.83 Å². The smallest absolute Gasteiger partial charge is 0.227 e. The average molecular weight is 680 g/mol. The predicted molar refractivity (Wildman–Crippen MR) is 139 cm³/mol. The summed E-state index contributed by atoms with van der Waals surface area (Å²) in [7, 11) is 0. The Kier molecular flexibility index (Phi) is 6.20. The highest BCUT2D eigenvalue weighted by Crippen LogP contribution is 2.36. The first kappa shape index (κ1) is 21.8. The molecule has 8 heteroatoms. The summed E-state index contributed by atoms with van der Waals surface area (Å²) in [6.45, 7) is 0. The molecule has 0 amide bonds. The van der Waals surface area contributed by atoms with Gasteiger partial charge in [-0.1, -0.05) is 56.1 Å². The molecule has 2 heterocycles. The quantitative estimate of drug-likeness (QED) is 0.190. The van der Waals surface area contributed by atoms with Crippen LogP contribution in [-0.4, -0.2) is 9.97 Å². The summed E-state index contributed by atoms with van der Waals surface area (Å²) in [4.78, 5) is 9.07. The topological polar surface area (TPSA) is 52.1 Å². The van der Waals surface area contributed by atoms with Crippen LogP contribution in [0.5, 0.6) is 0 Å². The summed E-state index contributed by atoms with van der Waals surface area (Å²) in [5, 5.41) is 0. The third-order valence-corrected chi connectivity index (χ3v) is 6.90. The van der Waals surface area contributed by atoms with Gasteiger partial charge in [0.2, 0.25) is 11.8 Å². The average Bonchev–Trinajstić information content (AvgIpc) is 3.38. The molecule has 2 aromatic heterocycles. The van der Waals surface area contributed by atoms with Crippen molar-refractivity contribution >= 4 is 63.7 Å². The van der Waals surface area contributed by atoms with Crippen molar-refractivity contribution in [2.24, 2.45) is 0 Å². The SMILES string of the molecule is Brc1ccc(-c2oc(-c3ccc(-c4nc(Br)c(-c5ccc(Br)cc5)o4)cc3)nc2Br)cc1. The first-order chi connectivity index (χ1) is 15.5. The van der Waals surface area contributed by atoms with Crippen LogP contribution in [0.2, 0.25) is 0 Å². The lowest BCUT2D eigenvalue weighted by atomic mass is 10.1. The molecule has 0 saturated heterocycles. The molecule has 0 N–H and O–H groups in total. The Bertz CT molecular complexity index is 1280. The minimum atomic E-state index is 0.533. The Labute approximate surface area is 217 Å². The van der Waals surface area contributed by atoms with E-state index in [0.29, 0.717) is 32.5 Å². The first-order valence-electron chi connectivity index (χ1n) is 9.43. The van der Waals surface area contributed by atoms with Gasteiger partial charge < -0.3 is 8.83 Å². The Morgan fingerprint density at radius 2 is 0.750 bits per heavy atom. The molecule has 0 aliphatic rings. The van der Waals surface area contributed by atoms with E-state index < -0.39 is 0 Å². The fraction of sp³-hybridized carbons (Fsp3) is 0. The Hall–Kier alpha value is -2.00. The second-order valence-electron chi connectivity index (χ2n) is 6.87. The monoisotopic (exact) mass is 676 g/mol.